The third kappa shape index (κ3) is 2.36. The molecule has 1 aliphatic carbocycles. The smallest absolute Gasteiger partial charge is 0.309 e. The monoisotopic (exact) mass is 294 g/mol. The number of benzene rings is 1. The van der Waals surface area contributed by atoms with Crippen molar-refractivity contribution >= 4 is 5.97 Å². The molecule has 0 radical (unpaired) electrons. The maximum absolute atomic E-state index is 13.3. The summed E-state index contributed by atoms with van der Waals surface area (Å²) in [7, 11) is 0. The number of halogens is 5. The van der Waals surface area contributed by atoms with E-state index in [0.717, 1.165) is 0 Å². The van der Waals surface area contributed by atoms with Crippen LogP contribution >= 0.6 is 0 Å². The van der Waals surface area contributed by atoms with E-state index in [1.165, 1.54) is 0 Å². The molecule has 0 aromatic heterocycles. The zero-order valence-corrected chi connectivity index (χ0v) is 10.7. The van der Waals surface area contributed by atoms with Gasteiger partial charge in [-0.2, -0.15) is 0 Å². The molecule has 2 nitrogen and oxygen atoms in total. The van der Waals surface area contributed by atoms with Crippen molar-refractivity contribution in [1.82, 2.24) is 0 Å². The third-order valence-electron chi connectivity index (χ3n) is 3.46. The van der Waals surface area contributed by atoms with Crippen molar-refractivity contribution in [2.75, 3.05) is 0 Å². The number of carbonyl (C=O) groups excluding carboxylic acids is 1. The molecule has 0 saturated heterocycles. The van der Waals surface area contributed by atoms with Crippen molar-refractivity contribution in [1.29, 1.82) is 0 Å². The molecule has 1 saturated carbocycles. The molecular weight excluding hydrogens is 283 g/mol. The standard InChI is InChI=1S/C13H11F5O2/c1-13(2)3-6(13)12(19)20-4-5-7(14)9(16)11(18)10(17)8(5)15/h6H,3-4H2,1-2H3/t6-/m0/s1. The van der Waals surface area contributed by atoms with Gasteiger partial charge in [0.1, 0.15) is 6.61 Å². The van der Waals surface area contributed by atoms with E-state index in [-0.39, 0.29) is 5.41 Å². The molecule has 1 aromatic carbocycles. The Morgan fingerprint density at radius 3 is 1.85 bits per heavy atom. The highest BCUT2D eigenvalue weighted by Gasteiger charge is 2.51. The molecule has 0 amide bonds. The average Bonchev–Trinajstić information content (AvgIpc) is 3.03. The fraction of sp³-hybridized carbons (Fsp3) is 0.462. The minimum Gasteiger partial charge on any atom is -0.460 e. The normalized spacial score (nSPS) is 19.9. The van der Waals surface area contributed by atoms with Crippen LogP contribution in [0.25, 0.3) is 0 Å². The van der Waals surface area contributed by atoms with Gasteiger partial charge in [0.25, 0.3) is 0 Å². The molecule has 2 rings (SSSR count). The average molecular weight is 294 g/mol. The van der Waals surface area contributed by atoms with E-state index >= 15 is 0 Å². The first-order chi connectivity index (χ1) is 9.16. The Balaban J connectivity index is 2.17. The summed E-state index contributed by atoms with van der Waals surface area (Å²) in [5.41, 5.74) is -1.40. The largest absolute Gasteiger partial charge is 0.460 e. The highest BCUT2D eigenvalue weighted by Crippen LogP contribution is 2.52. The number of hydrogen-bond donors (Lipinski definition) is 0. The van der Waals surface area contributed by atoms with Gasteiger partial charge in [-0.15, -0.1) is 0 Å². The van der Waals surface area contributed by atoms with Crippen molar-refractivity contribution < 1.29 is 31.5 Å². The lowest BCUT2D eigenvalue weighted by Gasteiger charge is -2.09. The summed E-state index contributed by atoms with van der Waals surface area (Å²) in [6.07, 6.45) is 0.558. The summed E-state index contributed by atoms with van der Waals surface area (Å²) in [6, 6.07) is 0. The van der Waals surface area contributed by atoms with E-state index in [4.69, 9.17) is 0 Å². The van der Waals surface area contributed by atoms with Crippen molar-refractivity contribution in [2.24, 2.45) is 11.3 Å². The van der Waals surface area contributed by atoms with Gasteiger partial charge >= 0.3 is 5.97 Å². The van der Waals surface area contributed by atoms with Gasteiger partial charge in [-0.25, -0.2) is 22.0 Å². The van der Waals surface area contributed by atoms with E-state index in [2.05, 4.69) is 4.74 Å². The van der Waals surface area contributed by atoms with Crippen molar-refractivity contribution in [3.05, 3.63) is 34.6 Å². The Kier molecular flexibility index (Phi) is 3.47. The van der Waals surface area contributed by atoms with Crippen LogP contribution in [0.4, 0.5) is 22.0 Å². The van der Waals surface area contributed by atoms with Gasteiger partial charge in [-0.05, 0) is 11.8 Å². The molecule has 1 aliphatic rings. The Bertz CT molecular complexity index is 554. The van der Waals surface area contributed by atoms with Crippen molar-refractivity contribution in [3.63, 3.8) is 0 Å². The molecule has 0 unspecified atom stereocenters. The zero-order chi connectivity index (χ0) is 15.2. The van der Waals surface area contributed by atoms with Gasteiger partial charge in [0, 0.05) is 0 Å². The maximum Gasteiger partial charge on any atom is 0.309 e. The number of carbonyl (C=O) groups is 1. The van der Waals surface area contributed by atoms with E-state index in [0.29, 0.717) is 6.42 Å². The molecule has 110 valence electrons. The Morgan fingerprint density at radius 1 is 1.05 bits per heavy atom. The van der Waals surface area contributed by atoms with Crippen molar-refractivity contribution in [2.45, 2.75) is 26.9 Å². The molecule has 1 fully saturated rings. The minimum absolute atomic E-state index is 0.256. The third-order valence-corrected chi connectivity index (χ3v) is 3.46. The van der Waals surface area contributed by atoms with Crippen LogP contribution in [0.2, 0.25) is 0 Å². The van der Waals surface area contributed by atoms with E-state index in [1.54, 1.807) is 13.8 Å². The van der Waals surface area contributed by atoms with E-state index in [9.17, 15) is 26.7 Å². The molecule has 0 bridgehead atoms. The van der Waals surface area contributed by atoms with Gasteiger partial charge in [0.2, 0.25) is 5.82 Å². The first-order valence-electron chi connectivity index (χ1n) is 5.83. The molecule has 7 heteroatoms. The molecular formula is C13H11F5O2. The molecule has 0 aliphatic heterocycles. The number of esters is 1. The van der Waals surface area contributed by atoms with Crippen LogP contribution in [0, 0.1) is 40.4 Å². The fourth-order valence-corrected chi connectivity index (χ4v) is 1.89. The van der Waals surface area contributed by atoms with Gasteiger partial charge in [0.05, 0.1) is 11.5 Å². The fourth-order valence-electron chi connectivity index (χ4n) is 1.89. The van der Waals surface area contributed by atoms with Gasteiger partial charge in [0.15, 0.2) is 23.3 Å². The molecule has 1 atom stereocenters. The molecule has 0 N–H and O–H groups in total. The lowest BCUT2D eigenvalue weighted by atomic mass is 10.1. The van der Waals surface area contributed by atoms with Gasteiger partial charge in [-0.3, -0.25) is 4.79 Å². The molecule has 0 spiro atoms. The number of hydrogen-bond acceptors (Lipinski definition) is 2. The number of ether oxygens (including phenoxy) is 1. The van der Waals surface area contributed by atoms with Crippen LogP contribution in [0.15, 0.2) is 0 Å². The summed E-state index contributed by atoms with van der Waals surface area (Å²) in [4.78, 5) is 11.5. The van der Waals surface area contributed by atoms with Gasteiger partial charge in [-0.1, -0.05) is 13.8 Å². The summed E-state index contributed by atoms with van der Waals surface area (Å²) in [5, 5.41) is 0. The quantitative estimate of drug-likeness (QED) is 0.369. The van der Waals surface area contributed by atoms with Crippen LogP contribution in [-0.4, -0.2) is 5.97 Å². The SMILES string of the molecule is CC1(C)C[C@H]1C(=O)OCc1c(F)c(F)c(F)c(F)c1F. The van der Waals surface area contributed by atoms with Crippen LogP contribution < -0.4 is 0 Å². The maximum atomic E-state index is 13.3. The topological polar surface area (TPSA) is 26.3 Å². The second-order valence-electron chi connectivity index (χ2n) is 5.40. The van der Waals surface area contributed by atoms with Gasteiger partial charge < -0.3 is 4.74 Å². The second-order valence-corrected chi connectivity index (χ2v) is 5.40. The summed E-state index contributed by atoms with van der Waals surface area (Å²) in [6.45, 7) is 2.62. The first kappa shape index (κ1) is 14.7. The van der Waals surface area contributed by atoms with Crippen molar-refractivity contribution in [3.8, 4) is 0 Å². The van der Waals surface area contributed by atoms with Crippen LogP contribution in [0.1, 0.15) is 25.8 Å². The predicted octanol–water partition coefficient (Wildman–Crippen LogP) is 3.47. The highest BCUT2D eigenvalue weighted by atomic mass is 19.2. The zero-order valence-electron chi connectivity index (χ0n) is 10.7. The predicted molar refractivity (Wildman–Crippen MR) is 57.9 cm³/mol. The molecule has 0 heterocycles. The summed E-state index contributed by atoms with van der Waals surface area (Å²) < 4.78 is 69.9. The highest BCUT2D eigenvalue weighted by molar-refractivity contribution is 5.76. The first-order valence-corrected chi connectivity index (χ1v) is 5.83. The number of rotatable bonds is 3. The summed E-state index contributed by atoms with van der Waals surface area (Å²) >= 11 is 0. The lowest BCUT2D eigenvalue weighted by Crippen LogP contribution is -2.14. The summed E-state index contributed by atoms with van der Waals surface area (Å²) in [5.74, 6) is -11.4. The Hall–Kier alpha value is -1.66. The minimum atomic E-state index is -2.24. The molecule has 1 aromatic rings. The lowest BCUT2D eigenvalue weighted by molar-refractivity contribution is -0.147. The Morgan fingerprint density at radius 2 is 1.45 bits per heavy atom. The molecule has 20 heavy (non-hydrogen) atoms. The Labute approximate surface area is 111 Å². The van der Waals surface area contributed by atoms with E-state index in [1.807, 2.05) is 0 Å². The second kappa shape index (κ2) is 4.71. The van der Waals surface area contributed by atoms with Crippen LogP contribution in [0.3, 0.4) is 0 Å². The van der Waals surface area contributed by atoms with E-state index < -0.39 is 53.1 Å². The van der Waals surface area contributed by atoms with Crippen LogP contribution in [-0.2, 0) is 16.1 Å². The van der Waals surface area contributed by atoms with Crippen LogP contribution in [0.5, 0.6) is 0 Å².